The van der Waals surface area contributed by atoms with E-state index in [1.165, 1.54) is 12.8 Å². The highest BCUT2D eigenvalue weighted by Gasteiger charge is 2.21. The van der Waals surface area contributed by atoms with Gasteiger partial charge in [-0.3, -0.25) is 5.41 Å². The van der Waals surface area contributed by atoms with Crippen LogP contribution in [0.4, 0.5) is 10.1 Å². The van der Waals surface area contributed by atoms with E-state index in [9.17, 15) is 4.39 Å². The maximum absolute atomic E-state index is 14.5. The van der Waals surface area contributed by atoms with Gasteiger partial charge in [0.1, 0.15) is 5.84 Å². The third kappa shape index (κ3) is 3.14. The van der Waals surface area contributed by atoms with Crippen LogP contribution in [0.2, 0.25) is 0 Å². The topological polar surface area (TPSA) is 53.1 Å². The van der Waals surface area contributed by atoms with Crippen molar-refractivity contribution in [3.63, 3.8) is 0 Å². The van der Waals surface area contributed by atoms with Crippen LogP contribution in [-0.2, 0) is 0 Å². The number of hydrogen-bond acceptors (Lipinski definition) is 2. The molecule has 0 amide bonds. The SMILES string of the molecule is CCC1CCCN(c2ccc(C(=N)N)c(Br)c2F)CC1. The normalized spacial score (nSPS) is 19.8. The second-order valence-electron chi connectivity index (χ2n) is 5.37. The second-order valence-corrected chi connectivity index (χ2v) is 6.16. The summed E-state index contributed by atoms with van der Waals surface area (Å²) < 4.78 is 14.8. The van der Waals surface area contributed by atoms with Gasteiger partial charge in [-0.15, -0.1) is 0 Å². The molecular formula is C15H21BrFN3. The molecule has 1 unspecified atom stereocenters. The van der Waals surface area contributed by atoms with Crippen LogP contribution in [0, 0.1) is 17.1 Å². The molecule has 1 atom stereocenters. The highest BCUT2D eigenvalue weighted by molar-refractivity contribution is 9.10. The summed E-state index contributed by atoms with van der Waals surface area (Å²) in [6, 6.07) is 3.45. The summed E-state index contributed by atoms with van der Waals surface area (Å²) in [5.41, 5.74) is 6.47. The Morgan fingerprint density at radius 3 is 2.85 bits per heavy atom. The molecule has 1 aromatic carbocycles. The van der Waals surface area contributed by atoms with Crippen molar-refractivity contribution in [2.24, 2.45) is 11.7 Å². The quantitative estimate of drug-likeness (QED) is 0.647. The van der Waals surface area contributed by atoms with E-state index in [4.69, 9.17) is 11.1 Å². The van der Waals surface area contributed by atoms with Crippen LogP contribution >= 0.6 is 15.9 Å². The number of hydrogen-bond donors (Lipinski definition) is 2. The Hall–Kier alpha value is -1.10. The average molecular weight is 342 g/mol. The molecule has 1 fully saturated rings. The molecule has 2 rings (SSSR count). The van der Waals surface area contributed by atoms with Crippen LogP contribution in [0.1, 0.15) is 38.2 Å². The lowest BCUT2D eigenvalue weighted by molar-refractivity contribution is 0.459. The van der Waals surface area contributed by atoms with Gasteiger partial charge in [-0.25, -0.2) is 4.39 Å². The largest absolute Gasteiger partial charge is 0.384 e. The van der Waals surface area contributed by atoms with Gasteiger partial charge in [0.15, 0.2) is 5.82 Å². The number of nitrogen functional groups attached to an aromatic ring is 1. The van der Waals surface area contributed by atoms with Crippen molar-refractivity contribution in [1.29, 1.82) is 5.41 Å². The van der Waals surface area contributed by atoms with Gasteiger partial charge < -0.3 is 10.6 Å². The Morgan fingerprint density at radius 2 is 2.20 bits per heavy atom. The summed E-state index contributed by atoms with van der Waals surface area (Å²) in [6.07, 6.45) is 4.64. The number of halogens is 2. The van der Waals surface area contributed by atoms with Gasteiger partial charge in [0, 0.05) is 18.7 Å². The third-order valence-corrected chi connectivity index (χ3v) is 4.89. The first-order chi connectivity index (χ1) is 9.54. The molecule has 1 heterocycles. The molecule has 3 nitrogen and oxygen atoms in total. The van der Waals surface area contributed by atoms with E-state index in [0.717, 1.165) is 31.8 Å². The summed E-state index contributed by atoms with van der Waals surface area (Å²) in [6.45, 7) is 4.00. The molecule has 110 valence electrons. The molecule has 1 aliphatic rings. The predicted molar refractivity (Wildman–Crippen MR) is 85.0 cm³/mol. The zero-order valence-electron chi connectivity index (χ0n) is 11.8. The monoisotopic (exact) mass is 341 g/mol. The number of anilines is 1. The Balaban J connectivity index is 2.25. The van der Waals surface area contributed by atoms with Crippen molar-refractivity contribution in [1.82, 2.24) is 0 Å². The lowest BCUT2D eigenvalue weighted by atomic mass is 9.98. The van der Waals surface area contributed by atoms with Gasteiger partial charge in [-0.05, 0) is 53.2 Å². The molecule has 20 heavy (non-hydrogen) atoms. The van der Waals surface area contributed by atoms with Crippen molar-refractivity contribution in [2.75, 3.05) is 18.0 Å². The molecule has 1 saturated heterocycles. The first kappa shape index (κ1) is 15.3. The van der Waals surface area contributed by atoms with Crippen molar-refractivity contribution in [3.05, 3.63) is 28.0 Å². The maximum atomic E-state index is 14.5. The number of nitrogens with zero attached hydrogens (tertiary/aromatic N) is 1. The first-order valence-electron chi connectivity index (χ1n) is 7.12. The molecule has 0 aromatic heterocycles. The molecule has 3 N–H and O–H groups in total. The molecule has 0 aliphatic carbocycles. The number of nitrogens with two attached hydrogens (primary N) is 1. The Bertz CT molecular complexity index is 504. The minimum absolute atomic E-state index is 0.121. The summed E-state index contributed by atoms with van der Waals surface area (Å²) in [7, 11) is 0. The standard InChI is InChI=1S/C15H21BrFN3/c1-2-10-4-3-8-20(9-7-10)12-6-5-11(15(18)19)13(16)14(12)17/h5-6,10H,2-4,7-9H2,1H3,(H3,18,19). The molecule has 0 spiro atoms. The third-order valence-electron chi connectivity index (χ3n) is 4.12. The lowest BCUT2D eigenvalue weighted by Gasteiger charge is -2.24. The van der Waals surface area contributed by atoms with E-state index in [0.29, 0.717) is 15.7 Å². The maximum Gasteiger partial charge on any atom is 0.161 e. The number of nitrogens with one attached hydrogen (secondary N) is 1. The fraction of sp³-hybridized carbons (Fsp3) is 0.533. The zero-order valence-corrected chi connectivity index (χ0v) is 13.3. The summed E-state index contributed by atoms with van der Waals surface area (Å²) in [5, 5.41) is 7.44. The van der Waals surface area contributed by atoms with Gasteiger partial charge in [-0.1, -0.05) is 13.3 Å². The van der Waals surface area contributed by atoms with Crippen LogP contribution in [0.5, 0.6) is 0 Å². The van der Waals surface area contributed by atoms with Crippen molar-refractivity contribution < 1.29 is 4.39 Å². The van der Waals surface area contributed by atoms with Gasteiger partial charge in [-0.2, -0.15) is 0 Å². The molecule has 0 saturated carbocycles. The first-order valence-corrected chi connectivity index (χ1v) is 7.91. The predicted octanol–water partition coefficient (Wildman–Crippen LogP) is 3.89. The number of benzene rings is 1. The minimum Gasteiger partial charge on any atom is -0.384 e. The van der Waals surface area contributed by atoms with E-state index in [-0.39, 0.29) is 11.7 Å². The second kappa shape index (κ2) is 6.57. The van der Waals surface area contributed by atoms with Crippen LogP contribution in [-0.4, -0.2) is 18.9 Å². The van der Waals surface area contributed by atoms with E-state index < -0.39 is 0 Å². The average Bonchev–Trinajstić information content (AvgIpc) is 2.66. The van der Waals surface area contributed by atoms with Gasteiger partial charge in [0.25, 0.3) is 0 Å². The van der Waals surface area contributed by atoms with E-state index in [2.05, 4.69) is 27.8 Å². The highest BCUT2D eigenvalue weighted by Crippen LogP contribution is 2.31. The van der Waals surface area contributed by atoms with Crippen molar-refractivity contribution in [3.8, 4) is 0 Å². The van der Waals surface area contributed by atoms with E-state index >= 15 is 0 Å². The Morgan fingerprint density at radius 1 is 1.45 bits per heavy atom. The molecule has 1 aliphatic heterocycles. The molecule has 0 bridgehead atoms. The summed E-state index contributed by atoms with van der Waals surface area (Å²) >= 11 is 3.22. The molecule has 5 heteroatoms. The molecule has 1 aromatic rings. The van der Waals surface area contributed by atoms with Crippen LogP contribution in [0.3, 0.4) is 0 Å². The smallest absolute Gasteiger partial charge is 0.161 e. The van der Waals surface area contributed by atoms with Crippen molar-refractivity contribution >= 4 is 27.5 Å². The number of rotatable bonds is 3. The van der Waals surface area contributed by atoms with E-state index in [1.54, 1.807) is 12.1 Å². The molecule has 0 radical (unpaired) electrons. The summed E-state index contributed by atoms with van der Waals surface area (Å²) in [4.78, 5) is 2.11. The minimum atomic E-state index is -0.312. The lowest BCUT2D eigenvalue weighted by Crippen LogP contribution is -2.26. The fourth-order valence-corrected chi connectivity index (χ4v) is 3.35. The fourth-order valence-electron chi connectivity index (χ4n) is 2.81. The van der Waals surface area contributed by atoms with E-state index in [1.807, 2.05) is 0 Å². The molecular weight excluding hydrogens is 321 g/mol. The van der Waals surface area contributed by atoms with Crippen LogP contribution in [0.15, 0.2) is 16.6 Å². The van der Waals surface area contributed by atoms with Crippen LogP contribution in [0.25, 0.3) is 0 Å². The van der Waals surface area contributed by atoms with Crippen molar-refractivity contribution in [2.45, 2.75) is 32.6 Å². The van der Waals surface area contributed by atoms with Gasteiger partial charge in [0.2, 0.25) is 0 Å². The van der Waals surface area contributed by atoms with Crippen LogP contribution < -0.4 is 10.6 Å². The van der Waals surface area contributed by atoms with Gasteiger partial charge in [0.05, 0.1) is 10.2 Å². The zero-order chi connectivity index (χ0) is 14.7. The van der Waals surface area contributed by atoms with Gasteiger partial charge >= 0.3 is 0 Å². The number of amidine groups is 1. The Labute approximate surface area is 128 Å². The Kier molecular flexibility index (Phi) is 5.02. The summed E-state index contributed by atoms with van der Waals surface area (Å²) in [5.74, 6) is 0.319. The highest BCUT2D eigenvalue weighted by atomic mass is 79.9.